The van der Waals surface area contributed by atoms with Crippen molar-refractivity contribution in [2.45, 2.75) is 51.7 Å². The number of hydrogen-bond acceptors (Lipinski definition) is 6. The van der Waals surface area contributed by atoms with Crippen molar-refractivity contribution >= 4 is 0 Å². The van der Waals surface area contributed by atoms with Crippen molar-refractivity contribution < 1.29 is 9.47 Å². The molecule has 4 saturated heterocycles. The normalized spacial score (nSPS) is 38.5. The van der Waals surface area contributed by atoms with Crippen LogP contribution in [0.3, 0.4) is 0 Å². The van der Waals surface area contributed by atoms with Crippen LogP contribution in [0.25, 0.3) is 0 Å². The highest BCUT2D eigenvalue weighted by molar-refractivity contribution is 4.94. The Morgan fingerprint density at radius 1 is 1.03 bits per heavy atom. The lowest BCUT2D eigenvalue weighted by molar-refractivity contribution is -0.116. The maximum Gasteiger partial charge on any atom is 0.0622 e. The minimum Gasteiger partial charge on any atom is -0.380 e. The highest BCUT2D eigenvalue weighted by Gasteiger charge is 2.40. The molecular weight excluding hydrogens is 364 g/mol. The van der Waals surface area contributed by atoms with E-state index in [1.165, 1.54) is 65.2 Å². The maximum absolute atomic E-state index is 5.76. The first-order valence-electron chi connectivity index (χ1n) is 12.0. The van der Waals surface area contributed by atoms with Gasteiger partial charge in [-0.05, 0) is 46.4 Å². The molecule has 0 aliphatic carbocycles. The van der Waals surface area contributed by atoms with Gasteiger partial charge in [-0.15, -0.1) is 0 Å². The Kier molecular flexibility index (Phi) is 7.19. The zero-order chi connectivity index (χ0) is 20.4. The summed E-state index contributed by atoms with van der Waals surface area (Å²) in [5, 5.41) is 0. The number of nitrogens with zero attached hydrogens (tertiary/aromatic N) is 4. The predicted molar refractivity (Wildman–Crippen MR) is 117 cm³/mol. The summed E-state index contributed by atoms with van der Waals surface area (Å²) >= 11 is 0. The molecule has 4 fully saturated rings. The van der Waals surface area contributed by atoms with Crippen LogP contribution in [0.4, 0.5) is 0 Å². The van der Waals surface area contributed by atoms with E-state index in [0.717, 1.165) is 26.4 Å². The smallest absolute Gasteiger partial charge is 0.0622 e. The van der Waals surface area contributed by atoms with Gasteiger partial charge in [-0.25, -0.2) is 0 Å². The molecule has 0 amide bonds. The molecule has 0 aromatic heterocycles. The van der Waals surface area contributed by atoms with Gasteiger partial charge in [-0.3, -0.25) is 9.80 Å². The van der Waals surface area contributed by atoms with Crippen LogP contribution < -0.4 is 0 Å². The zero-order valence-electron chi connectivity index (χ0n) is 19.3. The summed E-state index contributed by atoms with van der Waals surface area (Å²) in [4.78, 5) is 10.9. The van der Waals surface area contributed by atoms with Crippen molar-refractivity contribution in [2.75, 3.05) is 85.8 Å². The molecule has 6 heteroatoms. The van der Waals surface area contributed by atoms with E-state index in [9.17, 15) is 0 Å². The highest BCUT2D eigenvalue weighted by atomic mass is 16.5. The van der Waals surface area contributed by atoms with Crippen molar-refractivity contribution in [3.05, 3.63) is 0 Å². The fourth-order valence-corrected chi connectivity index (χ4v) is 6.01. The second kappa shape index (κ2) is 9.49. The molecule has 0 bridgehead atoms. The summed E-state index contributed by atoms with van der Waals surface area (Å²) in [5.74, 6) is 0.691. The lowest BCUT2D eigenvalue weighted by Crippen LogP contribution is -2.54. The molecule has 29 heavy (non-hydrogen) atoms. The summed E-state index contributed by atoms with van der Waals surface area (Å²) in [6.45, 7) is 20.6. The average Bonchev–Trinajstić information content (AvgIpc) is 3.08. The second-order valence-corrected chi connectivity index (χ2v) is 10.6. The molecule has 0 aromatic carbocycles. The summed E-state index contributed by atoms with van der Waals surface area (Å²) in [6, 6.07) is 1.88. The van der Waals surface area contributed by atoms with Crippen LogP contribution in [0, 0.1) is 11.3 Å². The Bertz CT molecular complexity index is 523. The van der Waals surface area contributed by atoms with E-state index < -0.39 is 0 Å². The number of ether oxygens (including phenoxy) is 2. The van der Waals surface area contributed by atoms with E-state index in [1.807, 2.05) is 0 Å². The molecular formula is C23H44N4O2. The molecule has 4 aliphatic heterocycles. The molecule has 4 heterocycles. The van der Waals surface area contributed by atoms with Gasteiger partial charge in [0.05, 0.1) is 19.8 Å². The topological polar surface area (TPSA) is 31.4 Å². The van der Waals surface area contributed by atoms with Crippen molar-refractivity contribution in [2.24, 2.45) is 11.3 Å². The lowest BCUT2D eigenvalue weighted by Gasteiger charge is -2.44. The fraction of sp³-hybridized carbons (Fsp3) is 1.00. The zero-order valence-corrected chi connectivity index (χ0v) is 19.3. The molecule has 0 spiro atoms. The maximum atomic E-state index is 5.76. The summed E-state index contributed by atoms with van der Waals surface area (Å²) in [7, 11) is 2.34. The van der Waals surface area contributed by atoms with Crippen LogP contribution in [-0.2, 0) is 9.47 Å². The molecule has 0 aromatic rings. The molecule has 168 valence electrons. The quantitative estimate of drug-likeness (QED) is 0.685. The van der Waals surface area contributed by atoms with E-state index >= 15 is 0 Å². The van der Waals surface area contributed by atoms with Gasteiger partial charge in [0.25, 0.3) is 0 Å². The Balaban J connectivity index is 1.50. The third-order valence-corrected chi connectivity index (χ3v) is 7.96. The molecule has 2 unspecified atom stereocenters. The predicted octanol–water partition coefficient (Wildman–Crippen LogP) is 1.46. The molecule has 4 aliphatic rings. The summed E-state index contributed by atoms with van der Waals surface area (Å²) in [5.41, 5.74) is 0.369. The van der Waals surface area contributed by atoms with E-state index in [2.05, 4.69) is 47.4 Å². The van der Waals surface area contributed by atoms with Gasteiger partial charge in [-0.1, -0.05) is 13.8 Å². The lowest BCUT2D eigenvalue weighted by atomic mass is 9.87. The van der Waals surface area contributed by atoms with Crippen LogP contribution in [-0.4, -0.2) is 124 Å². The van der Waals surface area contributed by atoms with Crippen LogP contribution in [0.15, 0.2) is 0 Å². The van der Waals surface area contributed by atoms with E-state index in [1.54, 1.807) is 0 Å². The van der Waals surface area contributed by atoms with Gasteiger partial charge in [0.1, 0.15) is 0 Å². The van der Waals surface area contributed by atoms with Gasteiger partial charge >= 0.3 is 0 Å². The number of rotatable bonds is 5. The van der Waals surface area contributed by atoms with Gasteiger partial charge in [0.15, 0.2) is 0 Å². The fourth-order valence-electron chi connectivity index (χ4n) is 6.01. The number of likely N-dealkylation sites (N-methyl/N-ethyl adjacent to an activating group) is 2. The second-order valence-electron chi connectivity index (χ2n) is 10.6. The summed E-state index contributed by atoms with van der Waals surface area (Å²) in [6.07, 6.45) is 2.50. The van der Waals surface area contributed by atoms with Crippen LogP contribution in [0.2, 0.25) is 0 Å². The molecule has 0 radical (unpaired) electrons. The molecule has 0 saturated carbocycles. The van der Waals surface area contributed by atoms with Crippen molar-refractivity contribution in [1.29, 1.82) is 0 Å². The standard InChI is InChI=1S/C23H44N4O2/c1-5-26-9-6-8-25(16-23(3)17-29-18-23)14-22(26)20-12-24(4)19(2)11-27(13-20)21-7-10-28-15-21/h19-22H,5-18H2,1-4H3/t19-,20?,21?,22+/m0/s1. The van der Waals surface area contributed by atoms with E-state index in [-0.39, 0.29) is 0 Å². The van der Waals surface area contributed by atoms with Gasteiger partial charge in [0, 0.05) is 68.8 Å². The SMILES string of the molecule is CCN1CCCN(CC2(C)COC2)C[C@@H]1C1CN(C2CCOC2)C[C@H](C)N(C)C1. The van der Waals surface area contributed by atoms with E-state index in [0.29, 0.717) is 29.5 Å². The molecule has 4 atom stereocenters. The monoisotopic (exact) mass is 408 g/mol. The largest absolute Gasteiger partial charge is 0.380 e. The Morgan fingerprint density at radius 2 is 1.86 bits per heavy atom. The first kappa shape index (κ1) is 22.0. The van der Waals surface area contributed by atoms with Crippen LogP contribution in [0.5, 0.6) is 0 Å². The third-order valence-electron chi connectivity index (χ3n) is 7.96. The van der Waals surface area contributed by atoms with Crippen molar-refractivity contribution in [3.8, 4) is 0 Å². The number of hydrogen-bond donors (Lipinski definition) is 0. The van der Waals surface area contributed by atoms with Crippen molar-refractivity contribution in [1.82, 2.24) is 19.6 Å². The minimum atomic E-state index is 0.369. The Morgan fingerprint density at radius 3 is 2.52 bits per heavy atom. The molecule has 6 nitrogen and oxygen atoms in total. The van der Waals surface area contributed by atoms with Crippen LogP contribution >= 0.6 is 0 Å². The Labute approximate surface area is 178 Å². The van der Waals surface area contributed by atoms with Crippen molar-refractivity contribution in [3.63, 3.8) is 0 Å². The first-order chi connectivity index (χ1) is 14.0. The highest BCUT2D eigenvalue weighted by Crippen LogP contribution is 2.30. The van der Waals surface area contributed by atoms with Gasteiger partial charge in [-0.2, -0.15) is 0 Å². The van der Waals surface area contributed by atoms with Crippen LogP contribution in [0.1, 0.15) is 33.6 Å². The minimum absolute atomic E-state index is 0.369. The first-order valence-corrected chi connectivity index (χ1v) is 12.0. The molecule has 0 N–H and O–H groups in total. The summed E-state index contributed by atoms with van der Waals surface area (Å²) < 4.78 is 11.3. The average molecular weight is 409 g/mol. The van der Waals surface area contributed by atoms with Gasteiger partial charge < -0.3 is 19.3 Å². The molecule has 4 rings (SSSR count). The van der Waals surface area contributed by atoms with Gasteiger partial charge in [0.2, 0.25) is 0 Å². The van der Waals surface area contributed by atoms with E-state index in [4.69, 9.17) is 9.47 Å². The Hall–Kier alpha value is -0.240. The third kappa shape index (κ3) is 5.16.